The van der Waals surface area contributed by atoms with Crippen LogP contribution in [0.15, 0.2) is 213 Å². The summed E-state index contributed by atoms with van der Waals surface area (Å²) in [4.78, 5) is 14.7. The van der Waals surface area contributed by atoms with Crippen molar-refractivity contribution in [1.82, 2.24) is 24.6 Å². The van der Waals surface area contributed by atoms with Gasteiger partial charge in [-0.1, -0.05) is 158 Å². The summed E-state index contributed by atoms with van der Waals surface area (Å²) in [7, 11) is 0. The molecule has 0 aliphatic carbocycles. The van der Waals surface area contributed by atoms with Crippen LogP contribution in [0.5, 0.6) is 0 Å². The van der Waals surface area contributed by atoms with Gasteiger partial charge in [0.1, 0.15) is 0 Å². The Morgan fingerprint density at radius 2 is 0.836 bits per heavy atom. The van der Waals surface area contributed by atoms with Crippen LogP contribution in [-0.4, -0.2) is 24.6 Å². The van der Waals surface area contributed by atoms with Crippen LogP contribution in [0.4, 0.5) is 0 Å². The van der Waals surface area contributed by atoms with E-state index in [1.807, 2.05) is 24.5 Å². The zero-order valence-corrected chi connectivity index (χ0v) is 32.9. The lowest BCUT2D eigenvalue weighted by Gasteiger charge is -2.13. The Morgan fingerprint density at radius 1 is 0.344 bits per heavy atom. The van der Waals surface area contributed by atoms with Crippen molar-refractivity contribution >= 4 is 49.1 Å². The van der Waals surface area contributed by atoms with Crippen LogP contribution in [0, 0.1) is 0 Å². The molecule has 0 aliphatic rings. The molecule has 61 heavy (non-hydrogen) atoms. The van der Waals surface area contributed by atoms with Crippen molar-refractivity contribution in [1.29, 1.82) is 0 Å². The normalized spacial score (nSPS) is 11.6. The molecular formula is C56H35N5. The highest BCUT2D eigenvalue weighted by Gasteiger charge is 2.16. The van der Waals surface area contributed by atoms with Crippen molar-refractivity contribution < 1.29 is 0 Å². The van der Waals surface area contributed by atoms with Crippen molar-refractivity contribution in [3.05, 3.63) is 213 Å². The largest absolute Gasteiger partial charge is 0.256 e. The quantitative estimate of drug-likeness (QED) is 0.169. The summed E-state index contributed by atoms with van der Waals surface area (Å²) in [6, 6.07) is 70.8. The minimum atomic E-state index is 0.906. The third-order valence-corrected chi connectivity index (χ3v) is 11.9. The summed E-state index contributed by atoms with van der Waals surface area (Å²) in [5, 5.41) is 9.59. The lowest BCUT2D eigenvalue weighted by molar-refractivity contribution is 1.03. The highest BCUT2D eigenvalue weighted by atomic mass is 15.2. The van der Waals surface area contributed by atoms with Gasteiger partial charge in [-0.2, -0.15) is 5.10 Å². The average molecular weight is 778 g/mol. The van der Waals surface area contributed by atoms with E-state index in [9.17, 15) is 0 Å². The van der Waals surface area contributed by atoms with Gasteiger partial charge in [-0.3, -0.25) is 9.97 Å². The molecule has 0 unspecified atom stereocenters. The zero-order chi connectivity index (χ0) is 40.3. The van der Waals surface area contributed by atoms with Crippen LogP contribution in [0.3, 0.4) is 0 Å². The van der Waals surface area contributed by atoms with Crippen LogP contribution >= 0.6 is 0 Å². The molecule has 0 N–H and O–H groups in total. The van der Waals surface area contributed by atoms with E-state index in [2.05, 4.69) is 193 Å². The van der Waals surface area contributed by atoms with Gasteiger partial charge in [0.2, 0.25) is 0 Å². The molecule has 0 atom stereocenters. The van der Waals surface area contributed by atoms with E-state index in [1.165, 1.54) is 0 Å². The molecule has 0 aliphatic heterocycles. The molecule has 0 fully saturated rings. The average Bonchev–Trinajstić information content (AvgIpc) is 3.74. The fourth-order valence-electron chi connectivity index (χ4n) is 8.86. The van der Waals surface area contributed by atoms with Crippen LogP contribution in [-0.2, 0) is 0 Å². The van der Waals surface area contributed by atoms with Crippen LogP contribution < -0.4 is 0 Å². The minimum Gasteiger partial charge on any atom is -0.256 e. The summed E-state index contributed by atoms with van der Waals surface area (Å²) in [5.74, 6) is 0. The lowest BCUT2D eigenvalue weighted by atomic mass is 9.95. The van der Waals surface area contributed by atoms with E-state index in [4.69, 9.17) is 20.1 Å². The van der Waals surface area contributed by atoms with Crippen molar-refractivity contribution in [3.8, 4) is 67.0 Å². The number of pyridine rings is 4. The van der Waals surface area contributed by atoms with Crippen molar-refractivity contribution in [3.63, 3.8) is 0 Å². The number of aromatic nitrogens is 5. The Balaban J connectivity index is 0.968. The molecule has 5 aromatic heterocycles. The fourth-order valence-corrected chi connectivity index (χ4v) is 8.86. The third kappa shape index (κ3) is 6.02. The van der Waals surface area contributed by atoms with Crippen molar-refractivity contribution in [2.45, 2.75) is 0 Å². The van der Waals surface area contributed by atoms with Gasteiger partial charge >= 0.3 is 0 Å². The molecule has 5 heterocycles. The monoisotopic (exact) mass is 777 g/mol. The smallest absolute Gasteiger partial charge is 0.0934 e. The first-order valence-corrected chi connectivity index (χ1v) is 20.5. The van der Waals surface area contributed by atoms with Gasteiger partial charge in [-0.25, -0.2) is 9.50 Å². The Labute approximate surface area is 351 Å². The Hall–Kier alpha value is -8.28. The first-order chi connectivity index (χ1) is 30.2. The number of rotatable bonds is 6. The number of fused-ring (bicyclic) bond motifs is 7. The molecule has 7 aromatic carbocycles. The molecule has 0 saturated heterocycles. The van der Waals surface area contributed by atoms with E-state index >= 15 is 0 Å². The summed E-state index contributed by atoms with van der Waals surface area (Å²) in [6.07, 6.45) is 3.72. The predicted molar refractivity (Wildman–Crippen MR) is 251 cm³/mol. The van der Waals surface area contributed by atoms with Gasteiger partial charge in [-0.15, -0.1) is 0 Å². The van der Waals surface area contributed by atoms with Gasteiger partial charge in [0.15, 0.2) is 0 Å². The molecule has 12 aromatic rings. The fraction of sp³-hybridized carbons (Fsp3) is 0. The Morgan fingerprint density at radius 3 is 1.46 bits per heavy atom. The number of hydrogen-bond acceptors (Lipinski definition) is 4. The second-order valence-electron chi connectivity index (χ2n) is 15.5. The van der Waals surface area contributed by atoms with E-state index in [-0.39, 0.29) is 0 Å². The molecule has 5 heteroatoms. The number of nitrogens with zero attached hydrogens (tertiary/aromatic N) is 5. The Bertz CT molecular complexity index is 3470. The van der Waals surface area contributed by atoms with E-state index in [1.54, 1.807) is 0 Å². The van der Waals surface area contributed by atoms with Crippen molar-refractivity contribution in [2.75, 3.05) is 0 Å². The van der Waals surface area contributed by atoms with Gasteiger partial charge in [0, 0.05) is 61.8 Å². The van der Waals surface area contributed by atoms with E-state index < -0.39 is 0 Å². The number of benzene rings is 7. The maximum atomic E-state index is 5.32. The zero-order valence-electron chi connectivity index (χ0n) is 32.9. The van der Waals surface area contributed by atoms with Crippen LogP contribution in [0.1, 0.15) is 0 Å². The second kappa shape index (κ2) is 14.2. The molecular weight excluding hydrogens is 743 g/mol. The minimum absolute atomic E-state index is 0.906. The molecule has 0 bridgehead atoms. The standard InChI is InChI=1S/C56H35N5/c1-4-18-53-44(9-1)33-49(56-48-14-2-3-17-50(48)60-61(53)56)39-21-19-36(20-22-39)45-34-51(40-27-23-37(24-28-40)46-15-5-10-42-12-7-31-57-54(42)46)59-52(35-45)41-29-25-38(26-30-41)47-16-6-11-43-13-8-32-58-55(43)47/h1-35H. The van der Waals surface area contributed by atoms with Gasteiger partial charge < -0.3 is 0 Å². The van der Waals surface area contributed by atoms with E-state index in [0.29, 0.717) is 0 Å². The molecule has 0 spiro atoms. The maximum absolute atomic E-state index is 5.32. The molecule has 284 valence electrons. The van der Waals surface area contributed by atoms with Crippen molar-refractivity contribution in [2.24, 2.45) is 0 Å². The van der Waals surface area contributed by atoms with Crippen LogP contribution in [0.2, 0.25) is 0 Å². The Kier molecular flexibility index (Phi) is 8.10. The SMILES string of the molecule is c1cnc2c(-c3ccc(-c4cc(-c5ccc(-c6cc7ccccc7n7nc8ccccc8c67)cc5)cc(-c5ccc(-c6cccc7cccnc67)cc5)n4)cc3)cccc2c1. The first kappa shape index (κ1) is 34.7. The van der Waals surface area contributed by atoms with Gasteiger partial charge in [0.05, 0.1) is 39.0 Å². The highest BCUT2D eigenvalue weighted by Crippen LogP contribution is 2.38. The molecule has 0 radical (unpaired) electrons. The number of hydrogen-bond donors (Lipinski definition) is 0. The lowest BCUT2D eigenvalue weighted by Crippen LogP contribution is -1.94. The second-order valence-corrected chi connectivity index (χ2v) is 15.5. The molecule has 5 nitrogen and oxygen atoms in total. The third-order valence-electron chi connectivity index (χ3n) is 11.9. The topological polar surface area (TPSA) is 56.0 Å². The molecule has 0 saturated carbocycles. The first-order valence-electron chi connectivity index (χ1n) is 20.5. The predicted octanol–water partition coefficient (Wildman–Crippen LogP) is 14.1. The summed E-state index contributed by atoms with van der Waals surface area (Å²) in [6.45, 7) is 0. The maximum Gasteiger partial charge on any atom is 0.0934 e. The molecule has 12 rings (SSSR count). The molecule has 0 amide bonds. The highest BCUT2D eigenvalue weighted by molar-refractivity contribution is 6.06. The van der Waals surface area contributed by atoms with Gasteiger partial charge in [-0.05, 0) is 70.3 Å². The summed E-state index contributed by atoms with van der Waals surface area (Å²) < 4.78 is 2.11. The van der Waals surface area contributed by atoms with Crippen LogP contribution in [0.25, 0.3) is 116 Å². The summed E-state index contributed by atoms with van der Waals surface area (Å²) >= 11 is 0. The number of para-hydroxylation sites is 3. The summed E-state index contributed by atoms with van der Waals surface area (Å²) in [5.41, 5.74) is 18.0. The van der Waals surface area contributed by atoms with Gasteiger partial charge in [0.25, 0.3) is 0 Å². The van der Waals surface area contributed by atoms with E-state index in [0.717, 1.165) is 116 Å².